The second kappa shape index (κ2) is 9.02. The number of aromatic nitrogens is 1. The maximum absolute atomic E-state index is 15.3. The first-order valence-electron chi connectivity index (χ1n) is 10.1. The van der Waals surface area contributed by atoms with Crippen LogP contribution in [0.3, 0.4) is 0 Å². The Morgan fingerprint density at radius 2 is 1.91 bits per heavy atom. The quantitative estimate of drug-likeness (QED) is 0.471. The van der Waals surface area contributed by atoms with Gasteiger partial charge in [-0.2, -0.15) is 0 Å². The van der Waals surface area contributed by atoms with Gasteiger partial charge in [-0.1, -0.05) is 23.7 Å². The van der Waals surface area contributed by atoms with E-state index in [0.717, 1.165) is 17.0 Å². The number of pyridine rings is 1. The van der Waals surface area contributed by atoms with E-state index in [0.29, 0.717) is 28.5 Å². The molecule has 3 N–H and O–H groups in total. The lowest BCUT2D eigenvalue weighted by Gasteiger charge is -2.28. The Kier molecular flexibility index (Phi) is 6.14. The third-order valence-corrected chi connectivity index (χ3v) is 5.39. The van der Waals surface area contributed by atoms with Gasteiger partial charge in [-0.05, 0) is 31.2 Å². The minimum atomic E-state index is -0.949. The molecule has 2 heterocycles. The van der Waals surface area contributed by atoms with Crippen LogP contribution in [0.1, 0.15) is 6.92 Å². The molecule has 1 aromatic heterocycles. The number of nitrogens with one attached hydrogen (secondary N) is 1. The van der Waals surface area contributed by atoms with Crippen LogP contribution in [0.25, 0.3) is 16.0 Å². The summed E-state index contributed by atoms with van der Waals surface area (Å²) in [6.07, 6.45) is 1.40. The normalized spacial score (nSPS) is 12.7. The smallest absolute Gasteiger partial charge is 0.334 e. The van der Waals surface area contributed by atoms with Crippen molar-refractivity contribution in [2.45, 2.75) is 6.92 Å². The van der Waals surface area contributed by atoms with Crippen molar-refractivity contribution in [3.8, 4) is 11.1 Å². The average molecular weight is 469 g/mol. The summed E-state index contributed by atoms with van der Waals surface area (Å²) in [5.41, 5.74) is 6.41. The number of nitrogens with two attached hydrogens (primary N) is 1. The molecule has 0 spiro atoms. The molecule has 0 saturated heterocycles. The van der Waals surface area contributed by atoms with Crippen LogP contribution >= 0.6 is 11.6 Å². The monoisotopic (exact) mass is 468 g/mol. The zero-order chi connectivity index (χ0) is 23.7. The SMILES string of the molecule is [C-]#[N+]c1ccc2c(c1)N(c1c(F)cc(NCCN)cc1F)C(=O)N(CC)c1ncc(Cl)cc1-2. The van der Waals surface area contributed by atoms with Crippen LogP contribution in [0.4, 0.5) is 42.1 Å². The fourth-order valence-electron chi connectivity index (χ4n) is 3.76. The summed E-state index contributed by atoms with van der Waals surface area (Å²) in [6, 6.07) is 7.72. The Hall–Kier alpha value is -3.74. The number of fused-ring (bicyclic) bond motifs is 3. The van der Waals surface area contributed by atoms with Gasteiger partial charge in [0.15, 0.2) is 17.3 Å². The number of nitrogens with zero attached hydrogens (tertiary/aromatic N) is 4. The highest BCUT2D eigenvalue weighted by molar-refractivity contribution is 6.31. The summed E-state index contributed by atoms with van der Waals surface area (Å²) in [4.78, 5) is 23.7. The Morgan fingerprint density at radius 3 is 2.55 bits per heavy atom. The van der Waals surface area contributed by atoms with Gasteiger partial charge in [0.1, 0.15) is 11.5 Å². The van der Waals surface area contributed by atoms with Crippen LogP contribution in [-0.4, -0.2) is 30.6 Å². The lowest BCUT2D eigenvalue weighted by molar-refractivity contribution is 0.253. The van der Waals surface area contributed by atoms with E-state index in [1.165, 1.54) is 17.2 Å². The molecule has 0 aliphatic carbocycles. The summed E-state index contributed by atoms with van der Waals surface area (Å²) in [7, 11) is 0. The van der Waals surface area contributed by atoms with Crippen LogP contribution in [-0.2, 0) is 0 Å². The number of amides is 2. The minimum absolute atomic E-state index is 0.148. The number of hydrogen-bond donors (Lipinski definition) is 2. The van der Waals surface area contributed by atoms with E-state index in [4.69, 9.17) is 23.9 Å². The highest BCUT2D eigenvalue weighted by Crippen LogP contribution is 2.46. The highest BCUT2D eigenvalue weighted by atomic mass is 35.5. The summed E-state index contributed by atoms with van der Waals surface area (Å²) in [5.74, 6) is -1.60. The standard InChI is InChI=1S/C23H19ClF2N6O/c1-3-31-22-17(8-13(24)12-30-22)16-5-4-14(28-2)11-20(16)32(23(31)33)21-18(25)9-15(10-19(21)26)29-7-6-27/h4-5,8-12,29H,3,6-7,27H2,1H3. The molecule has 0 saturated carbocycles. The number of carbonyl (C=O) groups excluding carboxylic acids is 1. The molecule has 0 unspecified atom stereocenters. The fourth-order valence-corrected chi connectivity index (χ4v) is 3.92. The molecule has 2 amide bonds. The van der Waals surface area contributed by atoms with Gasteiger partial charge in [-0.15, -0.1) is 0 Å². The molecule has 168 valence electrons. The number of rotatable bonds is 5. The number of halogens is 3. The number of urea groups is 1. The molecule has 0 fully saturated rings. The topological polar surface area (TPSA) is 78.8 Å². The van der Waals surface area contributed by atoms with Crippen LogP contribution < -0.4 is 20.9 Å². The predicted molar refractivity (Wildman–Crippen MR) is 125 cm³/mol. The van der Waals surface area contributed by atoms with Crippen molar-refractivity contribution < 1.29 is 13.6 Å². The molecule has 0 radical (unpaired) electrons. The van der Waals surface area contributed by atoms with Crippen LogP contribution in [0.5, 0.6) is 0 Å². The van der Waals surface area contributed by atoms with Crippen molar-refractivity contribution in [1.82, 2.24) is 4.98 Å². The van der Waals surface area contributed by atoms with Gasteiger partial charge in [0.05, 0.1) is 11.6 Å². The lowest BCUT2D eigenvalue weighted by Crippen LogP contribution is -2.41. The van der Waals surface area contributed by atoms with Gasteiger partial charge in [0.25, 0.3) is 0 Å². The predicted octanol–water partition coefficient (Wildman–Crippen LogP) is 5.70. The van der Waals surface area contributed by atoms with Gasteiger partial charge in [-0.3, -0.25) is 9.80 Å². The molecule has 33 heavy (non-hydrogen) atoms. The number of anilines is 4. The van der Waals surface area contributed by atoms with Crippen molar-refractivity contribution in [1.29, 1.82) is 0 Å². The number of carbonyl (C=O) groups is 1. The van der Waals surface area contributed by atoms with E-state index in [2.05, 4.69) is 15.1 Å². The van der Waals surface area contributed by atoms with E-state index in [1.807, 2.05) is 0 Å². The second-order valence-electron chi connectivity index (χ2n) is 7.20. The Morgan fingerprint density at radius 1 is 1.18 bits per heavy atom. The molecule has 1 aliphatic heterocycles. The van der Waals surface area contributed by atoms with Crippen LogP contribution in [0.2, 0.25) is 5.02 Å². The van der Waals surface area contributed by atoms with Crippen LogP contribution in [0, 0.1) is 18.2 Å². The third-order valence-electron chi connectivity index (χ3n) is 5.18. The summed E-state index contributed by atoms with van der Waals surface area (Å²) in [5, 5.41) is 3.16. The average Bonchev–Trinajstić information content (AvgIpc) is 2.89. The van der Waals surface area contributed by atoms with Crippen molar-refractivity contribution in [3.05, 3.63) is 70.7 Å². The van der Waals surface area contributed by atoms with Crippen molar-refractivity contribution in [3.63, 3.8) is 0 Å². The number of benzene rings is 2. The first kappa shape index (κ1) is 22.5. The largest absolute Gasteiger partial charge is 0.384 e. The molecular formula is C23H19ClF2N6O. The molecule has 0 bridgehead atoms. The molecule has 3 aromatic rings. The van der Waals surface area contributed by atoms with Crippen molar-refractivity contribution in [2.75, 3.05) is 34.8 Å². The zero-order valence-electron chi connectivity index (χ0n) is 17.6. The van der Waals surface area contributed by atoms with E-state index in [1.54, 1.807) is 25.1 Å². The Labute approximate surface area is 194 Å². The summed E-state index contributed by atoms with van der Waals surface area (Å²) >= 11 is 6.18. The highest BCUT2D eigenvalue weighted by Gasteiger charge is 2.36. The van der Waals surface area contributed by atoms with Crippen molar-refractivity contribution in [2.24, 2.45) is 5.73 Å². The van der Waals surface area contributed by atoms with E-state index >= 15 is 8.78 Å². The minimum Gasteiger partial charge on any atom is -0.384 e. The van der Waals surface area contributed by atoms with Gasteiger partial charge in [0.2, 0.25) is 0 Å². The summed E-state index contributed by atoms with van der Waals surface area (Å²) in [6.45, 7) is 9.89. The van der Waals surface area contributed by atoms with E-state index in [9.17, 15) is 4.79 Å². The first-order valence-corrected chi connectivity index (χ1v) is 10.5. The van der Waals surface area contributed by atoms with Gasteiger partial charge in [-0.25, -0.2) is 23.4 Å². The third kappa shape index (κ3) is 3.95. The van der Waals surface area contributed by atoms with Gasteiger partial charge < -0.3 is 11.1 Å². The summed E-state index contributed by atoms with van der Waals surface area (Å²) < 4.78 is 30.6. The van der Waals surface area contributed by atoms with Gasteiger partial charge >= 0.3 is 6.03 Å². The van der Waals surface area contributed by atoms with E-state index in [-0.39, 0.29) is 30.2 Å². The molecule has 7 nitrogen and oxygen atoms in total. The Balaban J connectivity index is 2.01. The lowest BCUT2D eigenvalue weighted by atomic mass is 10.0. The second-order valence-corrected chi connectivity index (χ2v) is 7.64. The maximum Gasteiger partial charge on any atom is 0.334 e. The number of hydrogen-bond acceptors (Lipinski definition) is 4. The first-order chi connectivity index (χ1) is 15.9. The molecular weight excluding hydrogens is 450 g/mol. The molecule has 0 atom stereocenters. The molecule has 1 aliphatic rings. The van der Waals surface area contributed by atoms with Crippen LogP contribution in [0.15, 0.2) is 42.6 Å². The fraction of sp³-hybridized carbons (Fsp3) is 0.174. The maximum atomic E-state index is 15.3. The van der Waals surface area contributed by atoms with E-state index < -0.39 is 23.4 Å². The van der Waals surface area contributed by atoms with Gasteiger partial charge in [0, 0.05) is 48.3 Å². The molecule has 4 rings (SSSR count). The van der Waals surface area contributed by atoms with Crippen molar-refractivity contribution >= 4 is 46.2 Å². The molecule has 10 heteroatoms. The molecule has 2 aromatic carbocycles. The zero-order valence-corrected chi connectivity index (χ0v) is 18.3. The Bertz CT molecular complexity index is 1270.